The fourth-order valence-electron chi connectivity index (χ4n) is 3.12. The second kappa shape index (κ2) is 4.79. The largest absolute Gasteiger partial charge is 0.481 e. The van der Waals surface area contributed by atoms with Crippen LogP contribution in [0, 0.1) is 11.3 Å². The van der Waals surface area contributed by atoms with Crippen molar-refractivity contribution in [2.45, 2.75) is 6.42 Å². The Morgan fingerprint density at radius 2 is 2.35 bits per heavy atom. The molecule has 2 saturated heterocycles. The Morgan fingerprint density at radius 1 is 1.55 bits per heavy atom. The van der Waals surface area contributed by atoms with Gasteiger partial charge in [0.25, 0.3) is 5.91 Å². The van der Waals surface area contributed by atoms with Crippen molar-refractivity contribution in [2.75, 3.05) is 26.3 Å². The first-order valence-corrected chi connectivity index (χ1v) is 6.85. The molecule has 2 atom stereocenters. The number of aromatic amines is 1. The zero-order valence-corrected chi connectivity index (χ0v) is 11.5. The van der Waals surface area contributed by atoms with Gasteiger partial charge in [-0.1, -0.05) is 11.6 Å². The van der Waals surface area contributed by atoms with Gasteiger partial charge in [-0.3, -0.25) is 9.59 Å². The molecular formula is C13H15ClN2O4. The number of rotatable bonds is 2. The van der Waals surface area contributed by atoms with E-state index in [9.17, 15) is 14.7 Å². The van der Waals surface area contributed by atoms with Crippen LogP contribution in [0.3, 0.4) is 0 Å². The third-order valence-corrected chi connectivity index (χ3v) is 4.52. The summed E-state index contributed by atoms with van der Waals surface area (Å²) in [5.41, 5.74) is -0.486. The maximum absolute atomic E-state index is 12.4. The molecule has 6 nitrogen and oxygen atoms in total. The highest BCUT2D eigenvalue weighted by atomic mass is 35.5. The smallest absolute Gasteiger partial charge is 0.311 e. The molecule has 2 fully saturated rings. The number of likely N-dealkylation sites (tertiary alicyclic amines) is 1. The Labute approximate surface area is 120 Å². The maximum atomic E-state index is 12.4. The Hall–Kier alpha value is -1.53. The summed E-state index contributed by atoms with van der Waals surface area (Å²) in [7, 11) is 0. The van der Waals surface area contributed by atoms with Gasteiger partial charge in [0.05, 0.1) is 17.0 Å². The van der Waals surface area contributed by atoms with Crippen LogP contribution in [-0.4, -0.2) is 53.2 Å². The summed E-state index contributed by atoms with van der Waals surface area (Å²) in [6.07, 6.45) is 1.98. The van der Waals surface area contributed by atoms with E-state index in [4.69, 9.17) is 16.3 Å². The van der Waals surface area contributed by atoms with Gasteiger partial charge in [-0.25, -0.2) is 0 Å². The van der Waals surface area contributed by atoms with Gasteiger partial charge in [0.15, 0.2) is 0 Å². The minimum atomic E-state index is -0.871. The average Bonchev–Trinajstić information content (AvgIpc) is 3.02. The molecule has 1 aromatic rings. The van der Waals surface area contributed by atoms with Crippen LogP contribution in [-0.2, 0) is 9.53 Å². The number of carbonyl (C=O) groups is 2. The highest BCUT2D eigenvalue weighted by molar-refractivity contribution is 6.30. The second-order valence-electron chi connectivity index (χ2n) is 5.40. The third kappa shape index (κ3) is 1.99. The number of ether oxygens (including phenoxy) is 1. The lowest BCUT2D eigenvalue weighted by Gasteiger charge is -2.33. The van der Waals surface area contributed by atoms with E-state index in [1.165, 1.54) is 6.20 Å². The molecule has 1 aromatic heterocycles. The van der Waals surface area contributed by atoms with Gasteiger partial charge in [0.1, 0.15) is 5.69 Å². The van der Waals surface area contributed by atoms with Gasteiger partial charge in [-0.15, -0.1) is 0 Å². The molecule has 2 aliphatic rings. The third-order valence-electron chi connectivity index (χ3n) is 4.30. The minimum absolute atomic E-state index is 0.150. The van der Waals surface area contributed by atoms with Crippen LogP contribution in [0.25, 0.3) is 0 Å². The van der Waals surface area contributed by atoms with Gasteiger partial charge < -0.3 is 19.7 Å². The molecule has 108 valence electrons. The van der Waals surface area contributed by atoms with Gasteiger partial charge in [-0.2, -0.15) is 0 Å². The number of amides is 1. The van der Waals surface area contributed by atoms with E-state index in [2.05, 4.69) is 4.98 Å². The standard InChI is InChI=1S/C13H15ClN2O4/c14-9-3-10(15-4-9)11(17)16-5-8-6-20-2-1-13(8,7-16)12(18)19/h3-4,8,15H,1-2,5-7H2,(H,18,19)/t8-,13+/m0/s1. The van der Waals surface area contributed by atoms with Crippen molar-refractivity contribution in [1.82, 2.24) is 9.88 Å². The number of carboxylic acids is 1. The molecule has 0 spiro atoms. The molecule has 0 bridgehead atoms. The monoisotopic (exact) mass is 298 g/mol. The number of carboxylic acid groups (broad SMARTS) is 1. The lowest BCUT2D eigenvalue weighted by Crippen LogP contribution is -2.45. The van der Waals surface area contributed by atoms with Gasteiger partial charge in [0.2, 0.25) is 0 Å². The summed E-state index contributed by atoms with van der Waals surface area (Å²) in [6, 6.07) is 1.55. The Bertz CT molecular complexity index is 558. The van der Waals surface area contributed by atoms with E-state index in [1.807, 2.05) is 0 Å². The van der Waals surface area contributed by atoms with Gasteiger partial charge >= 0.3 is 5.97 Å². The number of carbonyl (C=O) groups excluding carboxylic acids is 1. The molecule has 0 radical (unpaired) electrons. The molecule has 1 amide bonds. The molecule has 0 aromatic carbocycles. The minimum Gasteiger partial charge on any atom is -0.481 e. The van der Waals surface area contributed by atoms with E-state index in [0.717, 1.165) is 0 Å². The Kier molecular flexibility index (Phi) is 3.22. The maximum Gasteiger partial charge on any atom is 0.311 e. The summed E-state index contributed by atoms with van der Waals surface area (Å²) in [6.45, 7) is 1.45. The van der Waals surface area contributed by atoms with Crippen LogP contribution in [0.5, 0.6) is 0 Å². The van der Waals surface area contributed by atoms with Crippen LogP contribution in [0.15, 0.2) is 12.3 Å². The summed E-state index contributed by atoms with van der Waals surface area (Å²) < 4.78 is 5.37. The fraction of sp³-hybridized carbons (Fsp3) is 0.538. The highest BCUT2D eigenvalue weighted by Gasteiger charge is 2.55. The lowest BCUT2D eigenvalue weighted by molar-refractivity contribution is -0.157. The zero-order valence-electron chi connectivity index (χ0n) is 10.8. The van der Waals surface area contributed by atoms with E-state index >= 15 is 0 Å². The van der Waals surface area contributed by atoms with E-state index < -0.39 is 11.4 Å². The first-order chi connectivity index (χ1) is 9.53. The molecule has 20 heavy (non-hydrogen) atoms. The number of H-pyrrole nitrogens is 1. The summed E-state index contributed by atoms with van der Waals surface area (Å²) in [5, 5.41) is 10.0. The first kappa shape index (κ1) is 13.5. The van der Waals surface area contributed by atoms with E-state index in [0.29, 0.717) is 36.9 Å². The van der Waals surface area contributed by atoms with Crippen molar-refractivity contribution < 1.29 is 19.4 Å². The number of halogens is 1. The second-order valence-corrected chi connectivity index (χ2v) is 5.84. The van der Waals surface area contributed by atoms with Crippen LogP contribution in [0.4, 0.5) is 0 Å². The van der Waals surface area contributed by atoms with E-state index in [-0.39, 0.29) is 18.4 Å². The van der Waals surface area contributed by atoms with E-state index in [1.54, 1.807) is 11.0 Å². The normalized spacial score (nSPS) is 29.2. The van der Waals surface area contributed by atoms with Crippen molar-refractivity contribution in [3.63, 3.8) is 0 Å². The molecule has 0 unspecified atom stereocenters. The van der Waals surface area contributed by atoms with Crippen LogP contribution in [0.2, 0.25) is 5.02 Å². The zero-order chi connectivity index (χ0) is 14.3. The number of aromatic nitrogens is 1. The molecule has 7 heteroatoms. The summed E-state index contributed by atoms with van der Waals surface area (Å²) in [4.78, 5) is 28.4. The fourth-order valence-corrected chi connectivity index (χ4v) is 3.28. The Balaban J connectivity index is 1.84. The lowest BCUT2D eigenvalue weighted by atomic mass is 9.74. The van der Waals surface area contributed by atoms with Crippen molar-refractivity contribution in [3.05, 3.63) is 23.0 Å². The van der Waals surface area contributed by atoms with Gasteiger partial charge in [0, 0.05) is 31.8 Å². The molecule has 0 saturated carbocycles. The van der Waals surface area contributed by atoms with Crippen LogP contribution >= 0.6 is 11.6 Å². The number of nitrogens with one attached hydrogen (secondary N) is 1. The number of hydrogen-bond donors (Lipinski definition) is 2. The van der Waals surface area contributed by atoms with Crippen LogP contribution < -0.4 is 0 Å². The predicted molar refractivity (Wildman–Crippen MR) is 70.7 cm³/mol. The van der Waals surface area contributed by atoms with Crippen molar-refractivity contribution in [1.29, 1.82) is 0 Å². The Morgan fingerprint density at radius 3 is 2.95 bits per heavy atom. The number of nitrogens with zero attached hydrogens (tertiary/aromatic N) is 1. The summed E-state index contributed by atoms with van der Waals surface area (Å²) >= 11 is 5.79. The van der Waals surface area contributed by atoms with Crippen molar-refractivity contribution in [2.24, 2.45) is 11.3 Å². The van der Waals surface area contributed by atoms with Crippen molar-refractivity contribution in [3.8, 4) is 0 Å². The average molecular weight is 299 g/mol. The predicted octanol–water partition coefficient (Wildman–Crippen LogP) is 1.23. The number of fused-ring (bicyclic) bond motifs is 1. The molecule has 2 N–H and O–H groups in total. The molecule has 0 aliphatic carbocycles. The first-order valence-electron chi connectivity index (χ1n) is 6.47. The molecule has 2 aliphatic heterocycles. The molecular weight excluding hydrogens is 284 g/mol. The summed E-state index contributed by atoms with van der Waals surface area (Å²) in [5.74, 6) is -1.21. The topological polar surface area (TPSA) is 82.6 Å². The number of hydrogen-bond acceptors (Lipinski definition) is 3. The van der Waals surface area contributed by atoms with Crippen LogP contribution in [0.1, 0.15) is 16.9 Å². The van der Waals surface area contributed by atoms with Gasteiger partial charge in [-0.05, 0) is 12.5 Å². The quantitative estimate of drug-likeness (QED) is 0.860. The molecule has 3 rings (SSSR count). The van der Waals surface area contributed by atoms with Crippen molar-refractivity contribution >= 4 is 23.5 Å². The highest BCUT2D eigenvalue weighted by Crippen LogP contribution is 2.42. The molecule has 3 heterocycles. The number of aliphatic carboxylic acids is 1. The SMILES string of the molecule is O=C(c1cc(Cl)c[nH]1)N1C[C@H]2COCC[C@@]2(C(=O)O)C1.